The molecule has 0 aliphatic carbocycles. The lowest BCUT2D eigenvalue weighted by molar-refractivity contribution is 0.0379. The van der Waals surface area contributed by atoms with Gasteiger partial charge < -0.3 is 20.1 Å². The van der Waals surface area contributed by atoms with Gasteiger partial charge in [0.25, 0.3) is 0 Å². The Bertz CT molecular complexity index is 579. The number of likely N-dealkylation sites (tertiary alicyclic amines) is 1. The molecule has 2 amide bonds. The molecule has 0 atom stereocenters. The molecule has 0 saturated carbocycles. The van der Waals surface area contributed by atoms with Crippen LogP contribution in [-0.4, -0.2) is 47.9 Å². The Balaban J connectivity index is 1.73. The number of carbonyl (C=O) groups is 1. The molecule has 1 aromatic carbocycles. The van der Waals surface area contributed by atoms with Gasteiger partial charge in [0, 0.05) is 25.9 Å². The number of hydrogen-bond acceptors (Lipinski definition) is 3. The van der Waals surface area contributed by atoms with Gasteiger partial charge in [0.2, 0.25) is 0 Å². The third-order valence-corrected chi connectivity index (χ3v) is 4.18. The molecule has 0 radical (unpaired) electrons. The van der Waals surface area contributed by atoms with Crippen LogP contribution in [0.3, 0.4) is 0 Å². The molecule has 1 fully saturated rings. The van der Waals surface area contributed by atoms with Crippen molar-refractivity contribution in [3.05, 3.63) is 29.3 Å². The van der Waals surface area contributed by atoms with Crippen LogP contribution < -0.4 is 10.1 Å². The van der Waals surface area contributed by atoms with Crippen molar-refractivity contribution in [2.75, 3.05) is 26.2 Å². The second-order valence-electron chi connectivity index (χ2n) is 5.96. The first-order valence-electron chi connectivity index (χ1n) is 7.87. The van der Waals surface area contributed by atoms with Gasteiger partial charge in [0.05, 0.1) is 6.54 Å². The molecule has 1 aliphatic rings. The molecular weight excluding hydrogens is 292 g/mol. The Morgan fingerprint density at radius 1 is 1.39 bits per heavy atom. The number of para-hydroxylation sites is 1. The van der Waals surface area contributed by atoms with Crippen LogP contribution in [-0.2, 0) is 0 Å². The summed E-state index contributed by atoms with van der Waals surface area (Å²) >= 11 is 0. The van der Waals surface area contributed by atoms with E-state index in [1.165, 1.54) is 0 Å². The van der Waals surface area contributed by atoms with E-state index >= 15 is 0 Å². The number of rotatable bonds is 4. The van der Waals surface area contributed by atoms with Crippen LogP contribution in [0.5, 0.6) is 5.75 Å². The zero-order valence-corrected chi connectivity index (χ0v) is 13.8. The molecule has 0 bridgehead atoms. The van der Waals surface area contributed by atoms with Gasteiger partial charge in [-0.15, -0.1) is 6.42 Å². The molecule has 1 aromatic rings. The highest BCUT2D eigenvalue weighted by atomic mass is 16.5. The number of aliphatic hydroxyl groups is 1. The van der Waals surface area contributed by atoms with Gasteiger partial charge in [0.1, 0.15) is 18.0 Å². The quantitative estimate of drug-likeness (QED) is 0.658. The third kappa shape index (κ3) is 4.40. The summed E-state index contributed by atoms with van der Waals surface area (Å²) in [5.41, 5.74) is 1.10. The number of hydrogen-bond donors (Lipinski definition) is 2. The van der Waals surface area contributed by atoms with E-state index in [-0.39, 0.29) is 6.03 Å². The van der Waals surface area contributed by atoms with E-state index in [0.717, 1.165) is 16.9 Å². The van der Waals surface area contributed by atoms with E-state index in [2.05, 4.69) is 11.2 Å². The minimum absolute atomic E-state index is 0.144. The maximum Gasteiger partial charge on any atom is 0.317 e. The second kappa shape index (κ2) is 7.38. The van der Waals surface area contributed by atoms with Crippen LogP contribution in [0.4, 0.5) is 4.79 Å². The van der Waals surface area contributed by atoms with Crippen molar-refractivity contribution in [3.63, 3.8) is 0 Å². The van der Waals surface area contributed by atoms with E-state index < -0.39 is 5.60 Å². The van der Waals surface area contributed by atoms with Crippen molar-refractivity contribution in [2.45, 2.75) is 32.3 Å². The lowest BCUT2D eigenvalue weighted by atomic mass is 9.93. The molecule has 1 saturated heterocycles. The predicted octanol–water partition coefficient (Wildman–Crippen LogP) is 1.85. The van der Waals surface area contributed by atoms with Crippen LogP contribution in [0.15, 0.2) is 18.2 Å². The SMILES string of the molecule is C#CC1(O)CCN(C(=O)NCCOc2c(C)cccc2C)CC1. The number of urea groups is 1. The van der Waals surface area contributed by atoms with E-state index in [1.807, 2.05) is 32.0 Å². The second-order valence-corrected chi connectivity index (χ2v) is 5.96. The van der Waals surface area contributed by atoms with Crippen molar-refractivity contribution in [1.29, 1.82) is 0 Å². The van der Waals surface area contributed by atoms with E-state index in [4.69, 9.17) is 11.2 Å². The first-order chi connectivity index (χ1) is 10.9. The smallest absolute Gasteiger partial charge is 0.317 e. The Kier molecular flexibility index (Phi) is 5.51. The lowest BCUT2D eigenvalue weighted by Crippen LogP contribution is -2.49. The summed E-state index contributed by atoms with van der Waals surface area (Å²) in [7, 11) is 0. The number of nitrogens with one attached hydrogen (secondary N) is 1. The van der Waals surface area contributed by atoms with Crippen molar-refractivity contribution >= 4 is 6.03 Å². The zero-order valence-electron chi connectivity index (χ0n) is 13.8. The maximum atomic E-state index is 12.1. The first-order valence-corrected chi connectivity index (χ1v) is 7.87. The van der Waals surface area contributed by atoms with Crippen molar-refractivity contribution in [2.24, 2.45) is 0 Å². The molecule has 0 unspecified atom stereocenters. The van der Waals surface area contributed by atoms with Crippen LogP contribution >= 0.6 is 0 Å². The van der Waals surface area contributed by atoms with Gasteiger partial charge in [-0.3, -0.25) is 0 Å². The molecule has 5 nitrogen and oxygen atoms in total. The number of ether oxygens (including phenoxy) is 1. The van der Waals surface area contributed by atoms with Gasteiger partial charge in [-0.2, -0.15) is 0 Å². The number of piperidine rings is 1. The summed E-state index contributed by atoms with van der Waals surface area (Å²) in [6.45, 7) is 5.78. The highest BCUT2D eigenvalue weighted by Gasteiger charge is 2.31. The van der Waals surface area contributed by atoms with Gasteiger partial charge in [-0.1, -0.05) is 24.1 Å². The number of aryl methyl sites for hydroxylation is 2. The van der Waals surface area contributed by atoms with E-state index in [0.29, 0.717) is 39.1 Å². The van der Waals surface area contributed by atoms with Crippen molar-refractivity contribution in [1.82, 2.24) is 10.2 Å². The fourth-order valence-electron chi connectivity index (χ4n) is 2.67. The normalized spacial score (nSPS) is 16.5. The number of benzene rings is 1. The molecule has 124 valence electrons. The molecule has 5 heteroatoms. The summed E-state index contributed by atoms with van der Waals surface area (Å²) in [5, 5.41) is 12.8. The summed E-state index contributed by atoms with van der Waals surface area (Å²) in [5.74, 6) is 3.27. The summed E-state index contributed by atoms with van der Waals surface area (Å²) in [6, 6.07) is 5.85. The maximum absolute atomic E-state index is 12.1. The van der Waals surface area contributed by atoms with E-state index in [9.17, 15) is 9.90 Å². The van der Waals surface area contributed by atoms with Crippen LogP contribution in [0.25, 0.3) is 0 Å². The highest BCUT2D eigenvalue weighted by molar-refractivity contribution is 5.74. The zero-order chi connectivity index (χ0) is 16.9. The summed E-state index contributed by atoms with van der Waals surface area (Å²) in [6.07, 6.45) is 6.13. The third-order valence-electron chi connectivity index (χ3n) is 4.18. The highest BCUT2D eigenvalue weighted by Crippen LogP contribution is 2.22. The average molecular weight is 316 g/mol. The molecule has 23 heavy (non-hydrogen) atoms. The topological polar surface area (TPSA) is 61.8 Å². The number of terminal acetylenes is 1. The Hall–Kier alpha value is -2.19. The molecule has 2 N–H and O–H groups in total. The minimum atomic E-state index is -1.07. The van der Waals surface area contributed by atoms with Gasteiger partial charge in [-0.05, 0) is 25.0 Å². The number of nitrogens with zero attached hydrogens (tertiary/aromatic N) is 1. The van der Waals surface area contributed by atoms with Gasteiger partial charge in [-0.25, -0.2) is 4.79 Å². The number of carbonyl (C=O) groups excluding carboxylic acids is 1. The molecule has 2 rings (SSSR count). The summed E-state index contributed by atoms with van der Waals surface area (Å²) < 4.78 is 5.76. The minimum Gasteiger partial charge on any atom is -0.491 e. The Labute approximate surface area is 137 Å². The predicted molar refractivity (Wildman–Crippen MR) is 89.4 cm³/mol. The first kappa shape index (κ1) is 17.2. The molecule has 1 heterocycles. The largest absolute Gasteiger partial charge is 0.491 e. The average Bonchev–Trinajstić information content (AvgIpc) is 2.54. The molecule has 1 aliphatic heterocycles. The van der Waals surface area contributed by atoms with Gasteiger partial charge in [0.15, 0.2) is 0 Å². The van der Waals surface area contributed by atoms with Crippen LogP contribution in [0.2, 0.25) is 0 Å². The fourth-order valence-corrected chi connectivity index (χ4v) is 2.67. The molecular formula is C18H24N2O3. The molecule has 0 spiro atoms. The van der Waals surface area contributed by atoms with Crippen LogP contribution in [0.1, 0.15) is 24.0 Å². The monoisotopic (exact) mass is 316 g/mol. The lowest BCUT2D eigenvalue weighted by Gasteiger charge is -2.34. The van der Waals surface area contributed by atoms with Crippen molar-refractivity contribution < 1.29 is 14.6 Å². The Morgan fingerprint density at radius 2 is 2.00 bits per heavy atom. The van der Waals surface area contributed by atoms with E-state index in [1.54, 1.807) is 4.90 Å². The Morgan fingerprint density at radius 3 is 2.57 bits per heavy atom. The summed E-state index contributed by atoms with van der Waals surface area (Å²) in [4.78, 5) is 13.7. The fraction of sp³-hybridized carbons (Fsp3) is 0.500. The number of amides is 2. The standard InChI is InChI=1S/C18H24N2O3/c1-4-18(22)8-11-20(12-9-18)17(21)19-10-13-23-16-14(2)6-5-7-15(16)3/h1,5-7,22H,8-13H2,2-3H3,(H,19,21). The molecule has 0 aromatic heterocycles. The van der Waals surface area contributed by atoms with Crippen molar-refractivity contribution in [3.8, 4) is 18.1 Å². The van der Waals surface area contributed by atoms with Crippen LogP contribution in [0, 0.1) is 26.2 Å². The van der Waals surface area contributed by atoms with Gasteiger partial charge >= 0.3 is 6.03 Å².